The van der Waals surface area contributed by atoms with Crippen LogP contribution in [0, 0.1) is 0 Å². The van der Waals surface area contributed by atoms with E-state index in [2.05, 4.69) is 10.3 Å². The second-order valence-corrected chi connectivity index (χ2v) is 11.3. The first kappa shape index (κ1) is 30.4. The van der Waals surface area contributed by atoms with Crippen molar-refractivity contribution in [1.29, 1.82) is 0 Å². The lowest BCUT2D eigenvalue weighted by atomic mass is 10.1. The van der Waals surface area contributed by atoms with Gasteiger partial charge in [0.25, 0.3) is 0 Å². The van der Waals surface area contributed by atoms with Crippen molar-refractivity contribution in [2.75, 3.05) is 40.3 Å². The molecule has 42 heavy (non-hydrogen) atoms. The fraction of sp³-hybridized carbons (Fsp3) is 0.267. The molecule has 4 rings (SSSR count). The Balaban J connectivity index is 1.68. The van der Waals surface area contributed by atoms with Crippen molar-refractivity contribution in [3.8, 4) is 39.9 Å². The fourth-order valence-corrected chi connectivity index (χ4v) is 5.87. The highest BCUT2D eigenvalue weighted by Gasteiger charge is 2.30. The molecule has 0 saturated carbocycles. The van der Waals surface area contributed by atoms with E-state index >= 15 is 0 Å². The second-order valence-electron chi connectivity index (χ2n) is 9.46. The van der Waals surface area contributed by atoms with Crippen LogP contribution in [-0.4, -0.2) is 69.2 Å². The molecule has 0 bridgehead atoms. The summed E-state index contributed by atoms with van der Waals surface area (Å²) in [5, 5.41) is 2.81. The summed E-state index contributed by atoms with van der Waals surface area (Å²) in [6.45, 7) is 2.99. The molecule has 1 amide bonds. The van der Waals surface area contributed by atoms with Gasteiger partial charge in [-0.25, -0.2) is 13.4 Å². The van der Waals surface area contributed by atoms with Crippen LogP contribution in [0.4, 0.5) is 5.95 Å². The zero-order valence-electron chi connectivity index (χ0n) is 24.3. The SMILES string of the molecule is COc1ccc(-c2cn(-c3ccc(OC)c(OC)c3)c(NC(=O)CN(C(C)C)S(=O)(=O)c3ccc(OC)cc3)n2)cc1. The van der Waals surface area contributed by atoms with Crippen LogP contribution in [-0.2, 0) is 14.8 Å². The van der Waals surface area contributed by atoms with Gasteiger partial charge in [-0.05, 0) is 74.5 Å². The van der Waals surface area contributed by atoms with E-state index in [4.69, 9.17) is 18.9 Å². The van der Waals surface area contributed by atoms with E-state index in [-0.39, 0.29) is 10.8 Å². The molecule has 1 aromatic heterocycles. The maximum absolute atomic E-state index is 13.5. The zero-order chi connectivity index (χ0) is 30.4. The quantitative estimate of drug-likeness (QED) is 0.252. The van der Waals surface area contributed by atoms with E-state index in [1.54, 1.807) is 69.2 Å². The predicted octanol–water partition coefficient (Wildman–Crippen LogP) is 4.61. The van der Waals surface area contributed by atoms with Crippen molar-refractivity contribution < 1.29 is 32.2 Å². The molecule has 1 heterocycles. The molecular formula is C30H34N4O7S. The van der Waals surface area contributed by atoms with Crippen LogP contribution < -0.4 is 24.3 Å². The third-order valence-electron chi connectivity index (χ3n) is 6.53. The molecule has 0 unspecified atom stereocenters. The van der Waals surface area contributed by atoms with E-state index in [0.29, 0.717) is 34.4 Å². The lowest BCUT2D eigenvalue weighted by Crippen LogP contribution is -2.42. The minimum absolute atomic E-state index is 0.0541. The van der Waals surface area contributed by atoms with Gasteiger partial charge in [0, 0.05) is 23.9 Å². The Morgan fingerprint density at radius 1 is 0.857 bits per heavy atom. The Morgan fingerprint density at radius 3 is 2.00 bits per heavy atom. The first-order valence-electron chi connectivity index (χ1n) is 13.0. The Labute approximate surface area is 245 Å². The molecule has 0 aliphatic heterocycles. The van der Waals surface area contributed by atoms with E-state index in [9.17, 15) is 13.2 Å². The van der Waals surface area contributed by atoms with Gasteiger partial charge in [-0.15, -0.1) is 0 Å². The number of hydrogen-bond acceptors (Lipinski definition) is 8. The molecule has 12 heteroatoms. The highest BCUT2D eigenvalue weighted by Crippen LogP contribution is 2.32. The smallest absolute Gasteiger partial charge is 0.243 e. The minimum Gasteiger partial charge on any atom is -0.497 e. The van der Waals surface area contributed by atoms with Crippen molar-refractivity contribution in [2.24, 2.45) is 0 Å². The Kier molecular flexibility index (Phi) is 9.38. The van der Waals surface area contributed by atoms with Gasteiger partial charge >= 0.3 is 0 Å². The fourth-order valence-electron chi connectivity index (χ4n) is 4.27. The summed E-state index contributed by atoms with van der Waals surface area (Å²) < 4.78 is 51.0. The number of imidazole rings is 1. The number of nitrogens with one attached hydrogen (secondary N) is 1. The summed E-state index contributed by atoms with van der Waals surface area (Å²) in [6.07, 6.45) is 1.77. The normalized spacial score (nSPS) is 11.4. The number of sulfonamides is 1. The average Bonchev–Trinajstić information content (AvgIpc) is 3.42. The molecule has 0 atom stereocenters. The Morgan fingerprint density at radius 2 is 1.45 bits per heavy atom. The molecule has 3 aromatic carbocycles. The van der Waals surface area contributed by atoms with Crippen molar-refractivity contribution in [1.82, 2.24) is 13.9 Å². The second kappa shape index (κ2) is 13.0. The molecular weight excluding hydrogens is 560 g/mol. The van der Waals surface area contributed by atoms with Crippen molar-refractivity contribution >= 4 is 21.9 Å². The van der Waals surface area contributed by atoms with Crippen LogP contribution in [0.2, 0.25) is 0 Å². The van der Waals surface area contributed by atoms with Crippen LogP contribution >= 0.6 is 0 Å². The van der Waals surface area contributed by atoms with Gasteiger partial charge in [0.2, 0.25) is 21.9 Å². The van der Waals surface area contributed by atoms with Gasteiger partial charge in [-0.3, -0.25) is 14.7 Å². The van der Waals surface area contributed by atoms with Crippen LogP contribution in [0.3, 0.4) is 0 Å². The maximum atomic E-state index is 13.5. The summed E-state index contributed by atoms with van der Waals surface area (Å²) in [7, 11) is 2.18. The number of benzene rings is 3. The van der Waals surface area contributed by atoms with Gasteiger partial charge in [0.15, 0.2) is 11.5 Å². The molecule has 222 valence electrons. The molecule has 0 aliphatic carbocycles. The monoisotopic (exact) mass is 594 g/mol. The molecule has 1 N–H and O–H groups in total. The first-order valence-corrected chi connectivity index (χ1v) is 14.5. The molecule has 11 nitrogen and oxygen atoms in total. The highest BCUT2D eigenvalue weighted by atomic mass is 32.2. The topological polar surface area (TPSA) is 121 Å². The number of rotatable bonds is 12. The van der Waals surface area contributed by atoms with Crippen LogP contribution in [0.5, 0.6) is 23.0 Å². The number of nitrogens with zero attached hydrogens (tertiary/aromatic N) is 3. The van der Waals surface area contributed by atoms with Gasteiger partial charge in [-0.1, -0.05) is 0 Å². The van der Waals surface area contributed by atoms with E-state index in [1.165, 1.54) is 26.4 Å². The summed E-state index contributed by atoms with van der Waals surface area (Å²) in [5.74, 6) is 1.89. The summed E-state index contributed by atoms with van der Waals surface area (Å²) in [6, 6.07) is 18.2. The Bertz CT molecular complexity index is 1630. The maximum Gasteiger partial charge on any atom is 0.243 e. The number of amides is 1. The number of carbonyl (C=O) groups excluding carboxylic acids is 1. The van der Waals surface area contributed by atoms with Gasteiger partial charge in [0.05, 0.1) is 51.3 Å². The van der Waals surface area contributed by atoms with E-state index in [0.717, 1.165) is 9.87 Å². The molecule has 0 aliphatic rings. The highest BCUT2D eigenvalue weighted by molar-refractivity contribution is 7.89. The molecule has 0 fully saturated rings. The third-order valence-corrected chi connectivity index (χ3v) is 8.57. The average molecular weight is 595 g/mol. The number of hydrogen-bond donors (Lipinski definition) is 1. The number of methoxy groups -OCH3 is 4. The largest absolute Gasteiger partial charge is 0.497 e. The van der Waals surface area contributed by atoms with Crippen LogP contribution in [0.15, 0.2) is 77.8 Å². The predicted molar refractivity (Wildman–Crippen MR) is 159 cm³/mol. The molecule has 0 radical (unpaired) electrons. The van der Waals surface area contributed by atoms with Gasteiger partial charge < -0.3 is 18.9 Å². The van der Waals surface area contributed by atoms with Crippen molar-refractivity contribution in [2.45, 2.75) is 24.8 Å². The standard InChI is InChI=1S/C30H34N4O7S/c1-20(2)34(42(36,37)25-14-12-24(39-4)13-15-25)19-29(35)32-30-31-26(21-7-10-23(38-3)11-8-21)18-33(30)22-9-16-27(40-5)28(17-22)41-6/h7-18,20H,19H2,1-6H3,(H,31,32,35). The van der Waals surface area contributed by atoms with Crippen LogP contribution in [0.25, 0.3) is 16.9 Å². The summed E-state index contributed by atoms with van der Waals surface area (Å²) in [4.78, 5) is 18.1. The lowest BCUT2D eigenvalue weighted by molar-refractivity contribution is -0.116. The number of aromatic nitrogens is 2. The zero-order valence-corrected chi connectivity index (χ0v) is 25.1. The van der Waals surface area contributed by atoms with Crippen molar-refractivity contribution in [3.63, 3.8) is 0 Å². The Hall–Kier alpha value is -4.55. The van der Waals surface area contributed by atoms with Gasteiger partial charge in [-0.2, -0.15) is 4.31 Å². The third kappa shape index (κ3) is 6.50. The summed E-state index contributed by atoms with van der Waals surface area (Å²) >= 11 is 0. The summed E-state index contributed by atoms with van der Waals surface area (Å²) in [5.41, 5.74) is 2.01. The molecule has 4 aromatic rings. The lowest BCUT2D eigenvalue weighted by Gasteiger charge is -2.25. The van der Waals surface area contributed by atoms with Crippen LogP contribution in [0.1, 0.15) is 13.8 Å². The first-order chi connectivity index (χ1) is 20.1. The van der Waals surface area contributed by atoms with E-state index < -0.39 is 28.5 Å². The number of anilines is 1. The van der Waals surface area contributed by atoms with E-state index in [1.807, 2.05) is 24.3 Å². The molecule has 0 saturated heterocycles. The van der Waals surface area contributed by atoms with Gasteiger partial charge in [0.1, 0.15) is 11.5 Å². The number of carbonyl (C=O) groups is 1. The van der Waals surface area contributed by atoms with Crippen molar-refractivity contribution in [3.05, 3.63) is 72.9 Å². The molecule has 0 spiro atoms. The minimum atomic E-state index is -3.99. The number of ether oxygens (including phenoxy) is 4.